The number of benzene rings is 3. The van der Waals surface area contributed by atoms with Crippen molar-refractivity contribution < 1.29 is 22.7 Å². The molecule has 0 aliphatic rings. The fraction of sp³-hybridized carbons (Fsp3) is 0.125. The van der Waals surface area contributed by atoms with E-state index in [2.05, 4.69) is 37.9 Å². The second kappa shape index (κ2) is 9.09. The van der Waals surface area contributed by atoms with Gasteiger partial charge in [0.1, 0.15) is 5.75 Å². The van der Waals surface area contributed by atoms with E-state index in [1.165, 1.54) is 19.2 Å². The largest absolute Gasteiger partial charge is 0.495 e. The molecular weight excluding hydrogens is 560 g/mol. The Morgan fingerprint density at radius 2 is 1.88 bits per heavy atom. The number of carbonyl (C=O) groups excluding carboxylic acids is 1. The van der Waals surface area contributed by atoms with Crippen molar-refractivity contribution in [1.82, 2.24) is 9.97 Å². The van der Waals surface area contributed by atoms with E-state index < -0.39 is 17.6 Å². The molecule has 0 unspecified atom stereocenters. The molecule has 1 aromatic heterocycles. The van der Waals surface area contributed by atoms with Crippen LogP contribution in [-0.2, 0) is 6.18 Å². The van der Waals surface area contributed by atoms with Crippen molar-refractivity contribution in [2.75, 3.05) is 18.2 Å². The lowest BCUT2D eigenvalue weighted by Gasteiger charge is -2.16. The number of amides is 1. The number of rotatable bonds is 4. The maximum Gasteiger partial charge on any atom is 0.416 e. The van der Waals surface area contributed by atoms with Crippen molar-refractivity contribution in [1.29, 1.82) is 0 Å². The zero-order valence-electron chi connectivity index (χ0n) is 18.0. The Morgan fingerprint density at radius 3 is 2.59 bits per heavy atom. The number of hydrogen-bond acceptors (Lipinski definition) is 5. The number of anilines is 2. The van der Waals surface area contributed by atoms with Gasteiger partial charge in [0, 0.05) is 28.4 Å². The van der Waals surface area contributed by atoms with Gasteiger partial charge in [-0.1, -0.05) is 12.1 Å². The summed E-state index contributed by atoms with van der Waals surface area (Å²) >= 11 is 2.12. The number of hydrogen-bond donors (Lipinski definition) is 2. The van der Waals surface area contributed by atoms with Gasteiger partial charge in [-0.05, 0) is 77.0 Å². The van der Waals surface area contributed by atoms with Crippen LogP contribution in [0.1, 0.15) is 21.5 Å². The third-order valence-electron chi connectivity index (χ3n) is 5.23. The molecule has 0 fully saturated rings. The van der Waals surface area contributed by atoms with Crippen LogP contribution in [0.25, 0.3) is 22.0 Å². The first kappa shape index (κ1) is 23.7. The second-order valence-electron chi connectivity index (χ2n) is 7.50. The van der Waals surface area contributed by atoms with Crippen molar-refractivity contribution in [2.24, 2.45) is 0 Å². The Hall–Kier alpha value is -3.41. The van der Waals surface area contributed by atoms with Crippen LogP contribution >= 0.6 is 22.6 Å². The summed E-state index contributed by atoms with van der Waals surface area (Å²) in [5.74, 6) is 0.167. The number of ether oxygens (including phenoxy) is 1. The van der Waals surface area contributed by atoms with E-state index in [1.807, 2.05) is 13.0 Å². The zero-order valence-corrected chi connectivity index (χ0v) is 20.2. The van der Waals surface area contributed by atoms with Crippen molar-refractivity contribution in [3.05, 3.63) is 75.0 Å². The molecule has 0 radical (unpaired) electrons. The number of nitrogen functional groups attached to an aromatic ring is 1. The number of nitrogens with two attached hydrogens (primary N) is 1. The highest BCUT2D eigenvalue weighted by molar-refractivity contribution is 14.1. The molecule has 1 heterocycles. The molecule has 6 nitrogen and oxygen atoms in total. The van der Waals surface area contributed by atoms with Crippen molar-refractivity contribution in [2.45, 2.75) is 13.1 Å². The van der Waals surface area contributed by atoms with Crippen LogP contribution in [0.4, 0.5) is 24.8 Å². The van der Waals surface area contributed by atoms with Gasteiger partial charge in [0.25, 0.3) is 5.91 Å². The fourth-order valence-electron chi connectivity index (χ4n) is 3.56. The first-order valence-corrected chi connectivity index (χ1v) is 11.0. The predicted molar refractivity (Wildman–Crippen MR) is 133 cm³/mol. The standard InChI is InChI=1S/C24H18F3IN4O2/c1-12-6-7-13(22(33)31-16-5-3-4-15(10-16)24(25,26)27)8-17(12)18-9-14-11-30-23(29)32-20(14)19(28)21(18)34-2/h3-11H,1-2H3,(H,31,33)(H2,29,30,32). The molecule has 34 heavy (non-hydrogen) atoms. The van der Waals surface area contributed by atoms with E-state index in [0.29, 0.717) is 11.3 Å². The Morgan fingerprint density at radius 1 is 1.12 bits per heavy atom. The molecule has 4 aromatic rings. The number of methoxy groups -OCH3 is 1. The molecule has 0 aliphatic heterocycles. The van der Waals surface area contributed by atoms with Gasteiger partial charge in [0.2, 0.25) is 5.95 Å². The SMILES string of the molecule is COc1c(-c2cc(C(=O)Nc3cccc(C(F)(F)F)c3)ccc2C)cc2cnc(N)nc2c1I. The van der Waals surface area contributed by atoms with Crippen LogP contribution in [0.2, 0.25) is 0 Å². The van der Waals surface area contributed by atoms with E-state index in [0.717, 1.165) is 37.8 Å². The number of aromatic nitrogens is 2. The summed E-state index contributed by atoms with van der Waals surface area (Å²) < 4.78 is 45.4. The van der Waals surface area contributed by atoms with Gasteiger partial charge in [-0.15, -0.1) is 0 Å². The van der Waals surface area contributed by atoms with Gasteiger partial charge < -0.3 is 15.8 Å². The van der Waals surface area contributed by atoms with Crippen LogP contribution in [-0.4, -0.2) is 23.0 Å². The summed E-state index contributed by atoms with van der Waals surface area (Å²) in [6.07, 6.45) is -2.89. The van der Waals surface area contributed by atoms with E-state index >= 15 is 0 Å². The lowest BCUT2D eigenvalue weighted by molar-refractivity contribution is -0.137. The third-order valence-corrected chi connectivity index (χ3v) is 6.23. The Balaban J connectivity index is 1.75. The number of fused-ring (bicyclic) bond motifs is 1. The van der Waals surface area contributed by atoms with Crippen LogP contribution in [0.3, 0.4) is 0 Å². The number of nitrogens with one attached hydrogen (secondary N) is 1. The van der Waals surface area contributed by atoms with Crippen LogP contribution in [0, 0.1) is 10.5 Å². The Bertz CT molecular complexity index is 1420. The van der Waals surface area contributed by atoms with Crippen LogP contribution in [0.5, 0.6) is 5.75 Å². The smallest absolute Gasteiger partial charge is 0.416 e. The molecule has 0 spiro atoms. The van der Waals surface area contributed by atoms with E-state index in [1.54, 1.807) is 24.4 Å². The molecule has 0 atom stereocenters. The van der Waals surface area contributed by atoms with Crippen molar-refractivity contribution in [3.63, 3.8) is 0 Å². The van der Waals surface area contributed by atoms with Gasteiger partial charge in [0.15, 0.2) is 0 Å². The molecular formula is C24H18F3IN4O2. The quantitative estimate of drug-likeness (QED) is 0.287. The first-order valence-electron chi connectivity index (χ1n) is 9.97. The third kappa shape index (κ3) is 4.63. The first-order chi connectivity index (χ1) is 16.1. The molecule has 4 rings (SSSR count). The van der Waals surface area contributed by atoms with E-state index in [-0.39, 0.29) is 17.2 Å². The number of halogens is 4. The van der Waals surface area contributed by atoms with Gasteiger partial charge in [-0.25, -0.2) is 9.97 Å². The van der Waals surface area contributed by atoms with E-state index in [4.69, 9.17) is 10.5 Å². The highest BCUT2D eigenvalue weighted by Gasteiger charge is 2.30. The molecule has 0 saturated carbocycles. The monoisotopic (exact) mass is 578 g/mol. The Kier molecular flexibility index (Phi) is 6.34. The summed E-state index contributed by atoms with van der Waals surface area (Å²) in [6.45, 7) is 1.89. The summed E-state index contributed by atoms with van der Waals surface area (Å²) in [5.41, 5.74) is 8.19. The summed E-state index contributed by atoms with van der Waals surface area (Å²) in [7, 11) is 1.54. The summed E-state index contributed by atoms with van der Waals surface area (Å²) in [6, 6.07) is 11.4. The molecule has 3 N–H and O–H groups in total. The minimum atomic E-state index is -4.50. The van der Waals surface area contributed by atoms with Crippen LogP contribution in [0.15, 0.2) is 54.7 Å². The molecule has 0 aliphatic carbocycles. The van der Waals surface area contributed by atoms with Gasteiger partial charge in [0.05, 0.1) is 21.8 Å². The summed E-state index contributed by atoms with van der Waals surface area (Å²) in [4.78, 5) is 21.2. The molecule has 10 heteroatoms. The lowest BCUT2D eigenvalue weighted by Crippen LogP contribution is -2.13. The van der Waals surface area contributed by atoms with E-state index in [9.17, 15) is 18.0 Å². The molecule has 174 valence electrons. The maximum absolute atomic E-state index is 13.0. The number of aryl methyl sites for hydroxylation is 1. The molecule has 1 amide bonds. The molecule has 3 aromatic carbocycles. The minimum absolute atomic E-state index is 0.0505. The van der Waals surface area contributed by atoms with Gasteiger partial charge in [-0.3, -0.25) is 4.79 Å². The number of carbonyl (C=O) groups is 1. The maximum atomic E-state index is 13.0. The normalized spacial score (nSPS) is 11.5. The molecule has 0 saturated heterocycles. The van der Waals surface area contributed by atoms with Crippen LogP contribution < -0.4 is 15.8 Å². The lowest BCUT2D eigenvalue weighted by atomic mass is 9.96. The average Bonchev–Trinajstić information content (AvgIpc) is 2.79. The fourth-order valence-corrected chi connectivity index (χ4v) is 4.51. The van der Waals surface area contributed by atoms with Gasteiger partial charge in [-0.2, -0.15) is 13.2 Å². The number of alkyl halides is 3. The van der Waals surface area contributed by atoms with Gasteiger partial charge >= 0.3 is 6.18 Å². The minimum Gasteiger partial charge on any atom is -0.495 e. The Labute approximate surface area is 206 Å². The van der Waals surface area contributed by atoms with Crippen molar-refractivity contribution >= 4 is 51.0 Å². The van der Waals surface area contributed by atoms with Crippen molar-refractivity contribution in [3.8, 4) is 16.9 Å². The predicted octanol–water partition coefficient (Wildman–Crippen LogP) is 6.07. The number of nitrogens with zero attached hydrogens (tertiary/aromatic N) is 2. The zero-order chi connectivity index (χ0) is 24.6. The highest BCUT2D eigenvalue weighted by atomic mass is 127. The molecule has 0 bridgehead atoms. The topological polar surface area (TPSA) is 90.1 Å². The second-order valence-corrected chi connectivity index (χ2v) is 8.58. The highest BCUT2D eigenvalue weighted by Crippen LogP contribution is 2.40. The summed E-state index contributed by atoms with van der Waals surface area (Å²) in [5, 5.41) is 3.28. The average molecular weight is 578 g/mol.